The Labute approximate surface area is 166 Å². The van der Waals surface area contributed by atoms with Gasteiger partial charge >= 0.3 is 0 Å². The topological polar surface area (TPSA) is 44.7 Å². The minimum atomic E-state index is -0.133. The highest BCUT2D eigenvalue weighted by Gasteiger charge is 2.35. The molecule has 2 aromatic carbocycles. The monoisotopic (exact) mass is 407 g/mol. The lowest BCUT2D eigenvalue weighted by molar-refractivity contribution is -0.115. The van der Waals surface area contributed by atoms with Crippen LogP contribution in [0.2, 0.25) is 15.1 Å². The van der Waals surface area contributed by atoms with Crippen molar-refractivity contribution in [3.05, 3.63) is 63.1 Å². The number of nitrogens with zero attached hydrogens (tertiary/aromatic N) is 2. The van der Waals surface area contributed by atoms with E-state index in [9.17, 15) is 4.79 Å². The summed E-state index contributed by atoms with van der Waals surface area (Å²) in [7, 11) is 0. The predicted octanol–water partition coefficient (Wildman–Crippen LogP) is 5.23. The molecule has 2 aromatic rings. The molecule has 0 radical (unpaired) electrons. The summed E-state index contributed by atoms with van der Waals surface area (Å²) >= 11 is 18.4. The fourth-order valence-electron chi connectivity index (χ4n) is 2.98. The van der Waals surface area contributed by atoms with Crippen molar-refractivity contribution in [1.29, 1.82) is 0 Å². The summed E-state index contributed by atoms with van der Waals surface area (Å²) < 4.78 is 0. The molecule has 0 spiro atoms. The van der Waals surface area contributed by atoms with Crippen LogP contribution in [-0.4, -0.2) is 17.7 Å². The Balaban J connectivity index is 1.69. The second-order valence-electron chi connectivity index (χ2n) is 6.51. The Morgan fingerprint density at radius 2 is 1.73 bits per heavy atom. The molecule has 0 aromatic heterocycles. The zero-order valence-corrected chi connectivity index (χ0v) is 16.0. The summed E-state index contributed by atoms with van der Waals surface area (Å²) in [5.74, 6) is -0.112. The van der Waals surface area contributed by atoms with Crippen molar-refractivity contribution in [3.63, 3.8) is 0 Å². The highest BCUT2D eigenvalue weighted by molar-refractivity contribution is 6.40. The van der Waals surface area contributed by atoms with E-state index < -0.39 is 0 Å². The molecule has 1 unspecified atom stereocenters. The molecule has 1 aliphatic carbocycles. The van der Waals surface area contributed by atoms with Gasteiger partial charge in [-0.1, -0.05) is 46.9 Å². The molecule has 2 aliphatic rings. The van der Waals surface area contributed by atoms with Crippen LogP contribution in [0, 0.1) is 0 Å². The van der Waals surface area contributed by atoms with Gasteiger partial charge in [0.1, 0.15) is 5.71 Å². The molecule has 4 rings (SSSR count). The number of carbonyl (C=O) groups excluding carboxylic acids is 1. The van der Waals surface area contributed by atoms with Gasteiger partial charge in [0.15, 0.2) is 0 Å². The number of rotatable bonds is 4. The summed E-state index contributed by atoms with van der Waals surface area (Å²) in [6.07, 6.45) is 2.57. The molecule has 1 fully saturated rings. The third-order valence-electron chi connectivity index (χ3n) is 4.50. The van der Waals surface area contributed by atoms with Crippen LogP contribution >= 0.6 is 34.8 Å². The van der Waals surface area contributed by atoms with E-state index in [0.717, 1.165) is 18.4 Å². The molecule has 1 saturated carbocycles. The second-order valence-corrected chi connectivity index (χ2v) is 7.79. The third-order valence-corrected chi connectivity index (χ3v) is 5.29. The average molecular weight is 409 g/mol. The highest BCUT2D eigenvalue weighted by Crippen LogP contribution is 2.40. The van der Waals surface area contributed by atoms with E-state index in [1.807, 2.05) is 30.3 Å². The standard InChI is InChI=1S/C19H16Cl3N3O/c20-12-3-1-11(2-4-12)18-10-16(19(26)23-14-6-7-14)24-25(18)17-8-5-13(21)9-15(17)22/h1-5,8-9,14,18H,6-7,10H2,(H,23,26). The molecule has 1 aliphatic heterocycles. The van der Waals surface area contributed by atoms with Crippen LogP contribution in [-0.2, 0) is 4.79 Å². The molecule has 26 heavy (non-hydrogen) atoms. The summed E-state index contributed by atoms with van der Waals surface area (Å²) in [5, 5.41) is 11.1. The molecule has 4 nitrogen and oxygen atoms in total. The van der Waals surface area contributed by atoms with Crippen LogP contribution in [0.3, 0.4) is 0 Å². The zero-order valence-electron chi connectivity index (χ0n) is 13.8. The number of anilines is 1. The first-order valence-electron chi connectivity index (χ1n) is 8.39. The quantitative estimate of drug-likeness (QED) is 0.752. The van der Waals surface area contributed by atoms with E-state index in [1.165, 1.54) is 0 Å². The molecule has 1 atom stereocenters. The summed E-state index contributed by atoms with van der Waals surface area (Å²) in [5.41, 5.74) is 2.23. The fraction of sp³-hybridized carbons (Fsp3) is 0.263. The van der Waals surface area contributed by atoms with Gasteiger partial charge in [0.2, 0.25) is 0 Å². The Hall–Kier alpha value is -1.75. The maximum atomic E-state index is 12.5. The number of hydrogen-bond acceptors (Lipinski definition) is 3. The van der Waals surface area contributed by atoms with Gasteiger partial charge in [-0.2, -0.15) is 5.10 Å². The first-order valence-corrected chi connectivity index (χ1v) is 9.53. The SMILES string of the molecule is O=C(NC1CC1)C1=NN(c2ccc(Cl)cc2Cl)C(c2ccc(Cl)cc2)C1. The predicted molar refractivity (Wildman–Crippen MR) is 106 cm³/mol. The van der Waals surface area contributed by atoms with Crippen molar-refractivity contribution in [2.75, 3.05) is 5.01 Å². The smallest absolute Gasteiger partial charge is 0.267 e. The molecular formula is C19H16Cl3N3O. The van der Waals surface area contributed by atoms with Gasteiger partial charge in [0.25, 0.3) is 5.91 Å². The molecule has 1 amide bonds. The largest absolute Gasteiger partial charge is 0.348 e. The maximum absolute atomic E-state index is 12.5. The van der Waals surface area contributed by atoms with Gasteiger partial charge in [0.05, 0.1) is 16.8 Å². The van der Waals surface area contributed by atoms with Crippen molar-refractivity contribution < 1.29 is 4.79 Å². The van der Waals surface area contributed by atoms with E-state index in [0.29, 0.717) is 32.9 Å². The summed E-state index contributed by atoms with van der Waals surface area (Å²) in [6.45, 7) is 0. The molecule has 7 heteroatoms. The van der Waals surface area contributed by atoms with Crippen LogP contribution in [0.25, 0.3) is 0 Å². The van der Waals surface area contributed by atoms with E-state index in [2.05, 4.69) is 10.4 Å². The first-order chi connectivity index (χ1) is 12.5. The Kier molecular flexibility index (Phi) is 4.82. The minimum absolute atomic E-state index is 0.112. The summed E-state index contributed by atoms with van der Waals surface area (Å²) in [4.78, 5) is 12.5. The van der Waals surface area contributed by atoms with E-state index >= 15 is 0 Å². The van der Waals surface area contributed by atoms with Crippen LogP contribution in [0.15, 0.2) is 47.6 Å². The Bertz CT molecular complexity index is 878. The van der Waals surface area contributed by atoms with Gasteiger partial charge in [-0.05, 0) is 48.7 Å². The van der Waals surface area contributed by atoms with E-state index in [1.54, 1.807) is 17.1 Å². The Morgan fingerprint density at radius 3 is 2.38 bits per heavy atom. The number of hydrazone groups is 1. The number of halogens is 3. The molecule has 0 bridgehead atoms. The van der Waals surface area contributed by atoms with E-state index in [4.69, 9.17) is 34.8 Å². The van der Waals surface area contributed by atoms with Crippen molar-refractivity contribution in [2.45, 2.75) is 31.3 Å². The lowest BCUT2D eigenvalue weighted by Crippen LogP contribution is -2.31. The maximum Gasteiger partial charge on any atom is 0.267 e. The van der Waals surface area contributed by atoms with Crippen LogP contribution < -0.4 is 10.3 Å². The first kappa shape index (κ1) is 17.7. The molecular weight excluding hydrogens is 393 g/mol. The van der Waals surface area contributed by atoms with Crippen molar-refractivity contribution >= 4 is 52.1 Å². The van der Waals surface area contributed by atoms with Crippen molar-refractivity contribution in [2.24, 2.45) is 5.10 Å². The number of benzene rings is 2. The van der Waals surface area contributed by atoms with E-state index in [-0.39, 0.29) is 18.0 Å². The normalized spacial score (nSPS) is 19.4. The number of carbonyl (C=O) groups is 1. The van der Waals surface area contributed by atoms with Gasteiger partial charge in [-0.3, -0.25) is 9.80 Å². The lowest BCUT2D eigenvalue weighted by atomic mass is 10.0. The number of amides is 1. The summed E-state index contributed by atoms with van der Waals surface area (Å²) in [6, 6.07) is 13.0. The van der Waals surface area contributed by atoms with Gasteiger partial charge in [0, 0.05) is 22.5 Å². The lowest BCUT2D eigenvalue weighted by Gasteiger charge is -2.25. The number of nitrogens with one attached hydrogen (secondary N) is 1. The molecule has 1 N–H and O–H groups in total. The van der Waals surface area contributed by atoms with Crippen LogP contribution in [0.5, 0.6) is 0 Å². The Morgan fingerprint density at radius 1 is 1.04 bits per heavy atom. The van der Waals surface area contributed by atoms with Gasteiger partial charge in [-0.25, -0.2) is 0 Å². The van der Waals surface area contributed by atoms with Crippen LogP contribution in [0.1, 0.15) is 30.9 Å². The zero-order chi connectivity index (χ0) is 18.3. The fourth-order valence-corrected chi connectivity index (χ4v) is 3.60. The third kappa shape index (κ3) is 3.68. The highest BCUT2D eigenvalue weighted by atomic mass is 35.5. The average Bonchev–Trinajstić information content (AvgIpc) is 3.31. The molecule has 1 heterocycles. The van der Waals surface area contributed by atoms with Gasteiger partial charge in [-0.15, -0.1) is 0 Å². The number of hydrogen-bond donors (Lipinski definition) is 1. The van der Waals surface area contributed by atoms with Crippen molar-refractivity contribution in [3.8, 4) is 0 Å². The minimum Gasteiger partial charge on any atom is -0.348 e. The second kappa shape index (κ2) is 7.10. The van der Waals surface area contributed by atoms with Crippen LogP contribution in [0.4, 0.5) is 5.69 Å². The van der Waals surface area contributed by atoms with Gasteiger partial charge < -0.3 is 5.32 Å². The molecule has 0 saturated heterocycles. The molecule has 134 valence electrons. The van der Waals surface area contributed by atoms with Crippen molar-refractivity contribution in [1.82, 2.24) is 5.32 Å².